The van der Waals surface area contributed by atoms with E-state index in [2.05, 4.69) is 25.1 Å². The smallest absolute Gasteiger partial charge is 0.173 e. The molecule has 3 aromatic heterocycles. The monoisotopic (exact) mass is 362 g/mol. The number of hydrogen-bond donors (Lipinski definition) is 3. The summed E-state index contributed by atoms with van der Waals surface area (Å²) in [5.41, 5.74) is 8.67. The molecule has 3 heterocycles. The molecule has 0 spiro atoms. The molecule has 9 heteroatoms. The standard InChI is InChI=1S/C18H15FN8/c1-10-25-16-13(18-23-9-24-26-18)7-11(8-14(16)27(10)6-2-4-20)12-3-5-22-17(21)15(12)19/h2-9,20H,1H3,(H2,21,22)(H,23,24,26)/b6-2+,20-4?. The lowest BCUT2D eigenvalue weighted by Gasteiger charge is -2.09. The van der Waals surface area contributed by atoms with Crippen LogP contribution >= 0.6 is 0 Å². The maximum absolute atomic E-state index is 14.6. The van der Waals surface area contributed by atoms with Gasteiger partial charge in [0, 0.05) is 29.7 Å². The van der Waals surface area contributed by atoms with Crippen molar-refractivity contribution in [2.45, 2.75) is 6.92 Å². The summed E-state index contributed by atoms with van der Waals surface area (Å²) in [4.78, 5) is 12.6. The summed E-state index contributed by atoms with van der Waals surface area (Å²) < 4.78 is 16.4. The minimum atomic E-state index is -0.585. The van der Waals surface area contributed by atoms with Gasteiger partial charge in [-0.15, -0.1) is 0 Å². The molecule has 0 bridgehead atoms. The molecule has 4 aromatic rings. The fourth-order valence-corrected chi connectivity index (χ4v) is 2.98. The number of nitrogens with one attached hydrogen (secondary N) is 2. The average Bonchev–Trinajstić information content (AvgIpc) is 3.29. The molecule has 0 aliphatic rings. The quantitative estimate of drug-likeness (QED) is 0.482. The van der Waals surface area contributed by atoms with Gasteiger partial charge in [-0.1, -0.05) is 0 Å². The molecule has 134 valence electrons. The van der Waals surface area contributed by atoms with E-state index in [0.717, 1.165) is 11.3 Å². The van der Waals surface area contributed by atoms with E-state index in [1.54, 1.807) is 24.4 Å². The van der Waals surface area contributed by atoms with Gasteiger partial charge >= 0.3 is 0 Å². The van der Waals surface area contributed by atoms with Gasteiger partial charge in [0.2, 0.25) is 0 Å². The molecule has 0 saturated heterocycles. The first-order chi connectivity index (χ1) is 13.1. The van der Waals surface area contributed by atoms with Crippen LogP contribution in [0.1, 0.15) is 5.82 Å². The van der Waals surface area contributed by atoms with Gasteiger partial charge in [0.25, 0.3) is 0 Å². The molecular weight excluding hydrogens is 347 g/mol. The van der Waals surface area contributed by atoms with Crippen LogP contribution in [0.15, 0.2) is 36.8 Å². The molecule has 0 radical (unpaired) electrons. The summed E-state index contributed by atoms with van der Waals surface area (Å²) in [7, 11) is 0. The van der Waals surface area contributed by atoms with E-state index in [1.807, 2.05) is 17.6 Å². The lowest BCUT2D eigenvalue weighted by molar-refractivity contribution is 0.631. The van der Waals surface area contributed by atoms with Crippen molar-refractivity contribution < 1.29 is 4.39 Å². The minimum Gasteiger partial charge on any atom is -0.381 e. The number of imidazole rings is 1. The van der Waals surface area contributed by atoms with Gasteiger partial charge < -0.3 is 15.7 Å². The molecule has 8 nitrogen and oxygen atoms in total. The Kier molecular flexibility index (Phi) is 3.96. The van der Waals surface area contributed by atoms with Gasteiger partial charge in [-0.25, -0.2) is 19.3 Å². The summed E-state index contributed by atoms with van der Waals surface area (Å²) >= 11 is 0. The number of nitrogen functional groups attached to an aromatic ring is 1. The molecule has 0 saturated carbocycles. The highest BCUT2D eigenvalue weighted by molar-refractivity contribution is 5.96. The van der Waals surface area contributed by atoms with Gasteiger partial charge in [0.05, 0.1) is 5.52 Å². The van der Waals surface area contributed by atoms with Gasteiger partial charge in [0.1, 0.15) is 17.7 Å². The molecule has 0 atom stereocenters. The van der Waals surface area contributed by atoms with E-state index in [9.17, 15) is 4.39 Å². The number of benzene rings is 1. The Hall–Kier alpha value is -3.88. The number of rotatable bonds is 4. The largest absolute Gasteiger partial charge is 0.381 e. The molecule has 4 rings (SSSR count). The second-order valence-electron chi connectivity index (χ2n) is 5.82. The maximum atomic E-state index is 14.6. The summed E-state index contributed by atoms with van der Waals surface area (Å²) in [5, 5.41) is 14.0. The van der Waals surface area contributed by atoms with Crippen molar-refractivity contribution in [3.8, 4) is 22.5 Å². The van der Waals surface area contributed by atoms with Crippen LogP contribution < -0.4 is 5.73 Å². The van der Waals surface area contributed by atoms with E-state index in [-0.39, 0.29) is 5.82 Å². The second-order valence-corrected chi connectivity index (χ2v) is 5.82. The zero-order chi connectivity index (χ0) is 19.0. The second kappa shape index (κ2) is 6.45. The Balaban J connectivity index is 2.07. The summed E-state index contributed by atoms with van der Waals surface area (Å²) in [6, 6.07) is 5.18. The van der Waals surface area contributed by atoms with Gasteiger partial charge in [-0.2, -0.15) is 5.10 Å². The van der Waals surface area contributed by atoms with Gasteiger partial charge in [-0.05, 0) is 36.8 Å². The molecular formula is C18H15FN8. The highest BCUT2D eigenvalue weighted by Gasteiger charge is 2.18. The molecule has 0 aliphatic heterocycles. The molecule has 0 unspecified atom stereocenters. The number of allylic oxidation sites excluding steroid dienone is 1. The van der Waals surface area contributed by atoms with Crippen LogP contribution in [0, 0.1) is 18.2 Å². The highest BCUT2D eigenvalue weighted by atomic mass is 19.1. The van der Waals surface area contributed by atoms with Crippen molar-refractivity contribution in [3.63, 3.8) is 0 Å². The van der Waals surface area contributed by atoms with Crippen molar-refractivity contribution in [2.75, 3.05) is 5.73 Å². The number of aromatic nitrogens is 6. The van der Waals surface area contributed by atoms with Crippen LogP contribution in [0.25, 0.3) is 39.7 Å². The maximum Gasteiger partial charge on any atom is 0.173 e. The normalized spacial score (nSPS) is 11.5. The van der Waals surface area contributed by atoms with Gasteiger partial charge in [0.15, 0.2) is 17.5 Å². The predicted octanol–water partition coefficient (Wildman–Crippen LogP) is 3.03. The van der Waals surface area contributed by atoms with Crippen molar-refractivity contribution in [1.82, 2.24) is 29.7 Å². The third kappa shape index (κ3) is 2.74. The summed E-state index contributed by atoms with van der Waals surface area (Å²) in [6.45, 7) is 1.85. The minimum absolute atomic E-state index is 0.165. The first kappa shape index (κ1) is 16.6. The molecule has 1 aromatic carbocycles. The number of hydrogen-bond acceptors (Lipinski definition) is 6. The Bertz CT molecular complexity index is 1170. The average molecular weight is 362 g/mol. The van der Waals surface area contributed by atoms with Crippen LogP contribution in [0.5, 0.6) is 0 Å². The van der Waals surface area contributed by atoms with Crippen molar-refractivity contribution in [3.05, 3.63) is 48.4 Å². The number of aromatic amines is 1. The number of nitrogens with two attached hydrogens (primary N) is 1. The number of aryl methyl sites for hydroxylation is 1. The fraction of sp³-hybridized carbons (Fsp3) is 0.0556. The van der Waals surface area contributed by atoms with Crippen molar-refractivity contribution >= 4 is 29.3 Å². The molecule has 4 N–H and O–H groups in total. The SMILES string of the molecule is Cc1nc2c(-c3ncn[nH]3)cc(-c3ccnc(N)c3F)cc2n1/C=C/C=N. The molecule has 27 heavy (non-hydrogen) atoms. The molecule has 0 fully saturated rings. The topological polar surface area (TPSA) is 122 Å². The zero-order valence-electron chi connectivity index (χ0n) is 14.3. The van der Waals surface area contributed by atoms with Crippen LogP contribution in [0.4, 0.5) is 10.2 Å². The Morgan fingerprint density at radius 3 is 2.85 bits per heavy atom. The number of nitrogens with zero attached hydrogens (tertiary/aromatic N) is 5. The first-order valence-corrected chi connectivity index (χ1v) is 8.06. The number of pyridine rings is 1. The molecule has 0 amide bonds. The number of H-pyrrole nitrogens is 1. The van der Waals surface area contributed by atoms with Gasteiger partial charge in [-0.3, -0.25) is 5.10 Å². The van der Waals surface area contributed by atoms with E-state index >= 15 is 0 Å². The summed E-state index contributed by atoms with van der Waals surface area (Å²) in [6.07, 6.45) is 7.35. The zero-order valence-corrected chi connectivity index (χ0v) is 14.3. The van der Waals surface area contributed by atoms with E-state index in [1.165, 1.54) is 18.7 Å². The fourth-order valence-electron chi connectivity index (χ4n) is 2.98. The van der Waals surface area contributed by atoms with E-state index in [4.69, 9.17) is 11.1 Å². The molecule has 0 aliphatic carbocycles. The third-order valence-electron chi connectivity index (χ3n) is 4.20. The number of halogens is 1. The van der Waals surface area contributed by atoms with Crippen LogP contribution in [-0.2, 0) is 0 Å². The van der Waals surface area contributed by atoms with Crippen LogP contribution in [-0.4, -0.2) is 35.9 Å². The number of anilines is 1. The lowest BCUT2D eigenvalue weighted by Crippen LogP contribution is -1.97. The predicted molar refractivity (Wildman–Crippen MR) is 102 cm³/mol. The third-order valence-corrected chi connectivity index (χ3v) is 4.20. The van der Waals surface area contributed by atoms with Crippen LogP contribution in [0.2, 0.25) is 0 Å². The van der Waals surface area contributed by atoms with E-state index < -0.39 is 5.82 Å². The lowest BCUT2D eigenvalue weighted by atomic mass is 10.0. The van der Waals surface area contributed by atoms with Crippen molar-refractivity contribution in [1.29, 1.82) is 5.41 Å². The Labute approximate surface area is 153 Å². The Morgan fingerprint density at radius 2 is 2.11 bits per heavy atom. The highest BCUT2D eigenvalue weighted by Crippen LogP contribution is 2.34. The summed E-state index contributed by atoms with van der Waals surface area (Å²) in [5.74, 6) is 0.487. The number of fused-ring (bicyclic) bond motifs is 1. The Morgan fingerprint density at radius 1 is 1.26 bits per heavy atom. The van der Waals surface area contributed by atoms with Crippen LogP contribution in [0.3, 0.4) is 0 Å². The van der Waals surface area contributed by atoms with Crippen molar-refractivity contribution in [2.24, 2.45) is 0 Å². The van der Waals surface area contributed by atoms with E-state index in [0.29, 0.717) is 28.0 Å². The first-order valence-electron chi connectivity index (χ1n) is 8.06.